The SMILES string of the molecule is C[C@H](NC(=O)[C@@H](N)CC(=O)OC(C)(C)C)C(=O)N[C@@H](CC(=O)NC(c1ccccc1)(c1ccccc1)c1ccccc1)C(=O)N[C@@H](CS)C(=O)O. The fourth-order valence-corrected chi connectivity index (χ4v) is 5.48. The summed E-state index contributed by atoms with van der Waals surface area (Å²) in [5.41, 5.74) is 5.97. The van der Waals surface area contributed by atoms with Gasteiger partial charge in [0.2, 0.25) is 23.6 Å². The average molecular weight is 720 g/mol. The second-order valence-electron chi connectivity index (χ2n) is 12.9. The Morgan fingerprint density at radius 2 is 1.16 bits per heavy atom. The number of carboxylic acids is 1. The molecule has 272 valence electrons. The van der Waals surface area contributed by atoms with Crippen LogP contribution in [0.5, 0.6) is 0 Å². The number of carboxylic acid groups (broad SMARTS) is 1. The van der Waals surface area contributed by atoms with E-state index in [9.17, 15) is 33.9 Å². The number of carbonyl (C=O) groups is 6. The second-order valence-corrected chi connectivity index (χ2v) is 13.2. The number of amides is 4. The maximum absolute atomic E-state index is 14.1. The molecule has 7 N–H and O–H groups in total. The first-order valence-electron chi connectivity index (χ1n) is 16.3. The quantitative estimate of drug-likeness (QED) is 0.0656. The number of aliphatic carboxylic acids is 1. The molecule has 0 saturated heterocycles. The largest absolute Gasteiger partial charge is 0.480 e. The van der Waals surface area contributed by atoms with Crippen molar-refractivity contribution in [3.8, 4) is 0 Å². The molecule has 0 heterocycles. The highest BCUT2D eigenvalue weighted by Gasteiger charge is 2.39. The molecule has 13 nitrogen and oxygen atoms in total. The summed E-state index contributed by atoms with van der Waals surface area (Å²) in [4.78, 5) is 77.5. The van der Waals surface area contributed by atoms with Crippen molar-refractivity contribution in [1.82, 2.24) is 21.3 Å². The number of benzene rings is 3. The van der Waals surface area contributed by atoms with E-state index in [1.165, 1.54) is 6.92 Å². The molecular weight excluding hydrogens is 675 g/mol. The maximum Gasteiger partial charge on any atom is 0.327 e. The molecule has 0 radical (unpaired) electrons. The minimum absolute atomic E-state index is 0.269. The normalized spacial score (nSPS) is 13.8. The fraction of sp³-hybridized carbons (Fsp3) is 0.351. The summed E-state index contributed by atoms with van der Waals surface area (Å²) in [6.07, 6.45) is -1.07. The molecule has 0 bridgehead atoms. The molecule has 0 saturated carbocycles. The van der Waals surface area contributed by atoms with Crippen molar-refractivity contribution < 1.29 is 38.6 Å². The van der Waals surface area contributed by atoms with E-state index in [0.29, 0.717) is 16.7 Å². The Balaban J connectivity index is 1.91. The molecule has 0 aliphatic heterocycles. The van der Waals surface area contributed by atoms with E-state index in [2.05, 4.69) is 33.9 Å². The predicted molar refractivity (Wildman–Crippen MR) is 193 cm³/mol. The third-order valence-corrected chi connectivity index (χ3v) is 8.03. The number of carbonyl (C=O) groups excluding carboxylic acids is 5. The standard InChI is InChI=1S/C37H45N5O8S/c1-23(39-33(46)27(38)20-31(44)50-36(2,3)4)32(45)40-28(34(47)41-29(22-51)35(48)49)21-30(43)42-37(24-14-8-5-9-15-24,25-16-10-6-11-17-25)26-18-12-7-13-19-26/h5-19,23,27-29,51H,20-22,38H2,1-4H3,(H,39,46)(H,40,45)(H,41,47)(H,42,43)(H,48,49)/t23-,27-,28-,29-/m0/s1. The number of nitrogens with one attached hydrogen (secondary N) is 4. The van der Waals surface area contributed by atoms with Crippen LogP contribution >= 0.6 is 12.6 Å². The predicted octanol–water partition coefficient (Wildman–Crippen LogP) is 2.03. The first-order valence-corrected chi connectivity index (χ1v) is 16.9. The van der Waals surface area contributed by atoms with Gasteiger partial charge >= 0.3 is 11.9 Å². The van der Waals surface area contributed by atoms with E-state index < -0.39 is 83.7 Å². The zero-order valence-corrected chi connectivity index (χ0v) is 29.8. The average Bonchev–Trinajstić information content (AvgIpc) is 3.09. The summed E-state index contributed by atoms with van der Waals surface area (Å²) in [7, 11) is 0. The molecule has 4 amide bonds. The Bertz CT molecular complexity index is 1570. The Labute approximate surface area is 302 Å². The van der Waals surface area contributed by atoms with Crippen molar-refractivity contribution in [2.75, 3.05) is 5.75 Å². The van der Waals surface area contributed by atoms with Crippen LogP contribution < -0.4 is 27.0 Å². The van der Waals surface area contributed by atoms with E-state index in [0.717, 1.165) is 0 Å². The van der Waals surface area contributed by atoms with Gasteiger partial charge in [0.05, 0.1) is 18.9 Å². The van der Waals surface area contributed by atoms with E-state index in [4.69, 9.17) is 10.5 Å². The van der Waals surface area contributed by atoms with Gasteiger partial charge in [-0.3, -0.25) is 24.0 Å². The minimum Gasteiger partial charge on any atom is -0.480 e. The van der Waals surface area contributed by atoms with Crippen molar-refractivity contribution in [3.05, 3.63) is 108 Å². The summed E-state index contributed by atoms with van der Waals surface area (Å²) >= 11 is 4.00. The van der Waals surface area contributed by atoms with Crippen LogP contribution in [0, 0.1) is 0 Å². The minimum atomic E-state index is -1.59. The summed E-state index contributed by atoms with van der Waals surface area (Å²) in [5.74, 6) is -5.69. The number of hydrogen-bond acceptors (Lipinski definition) is 9. The Kier molecular flexibility index (Phi) is 14.3. The van der Waals surface area contributed by atoms with Crippen LogP contribution in [0.4, 0.5) is 0 Å². The van der Waals surface area contributed by atoms with Crippen LogP contribution in [0.15, 0.2) is 91.0 Å². The van der Waals surface area contributed by atoms with Crippen LogP contribution in [0.25, 0.3) is 0 Å². The lowest BCUT2D eigenvalue weighted by molar-refractivity contribution is -0.156. The molecule has 0 aliphatic carbocycles. The Morgan fingerprint density at radius 1 is 0.706 bits per heavy atom. The van der Waals surface area contributed by atoms with E-state index in [1.807, 2.05) is 91.0 Å². The lowest BCUT2D eigenvalue weighted by atomic mass is 9.77. The van der Waals surface area contributed by atoms with Crippen molar-refractivity contribution in [2.45, 2.75) is 75.8 Å². The van der Waals surface area contributed by atoms with Crippen molar-refractivity contribution in [3.63, 3.8) is 0 Å². The number of thiol groups is 1. The number of ether oxygens (including phenoxy) is 1. The van der Waals surface area contributed by atoms with Gasteiger partial charge < -0.3 is 36.8 Å². The second kappa shape index (κ2) is 18.2. The maximum atomic E-state index is 14.1. The van der Waals surface area contributed by atoms with Gasteiger partial charge in [0.15, 0.2) is 0 Å². The van der Waals surface area contributed by atoms with Gasteiger partial charge in [-0.15, -0.1) is 0 Å². The fourth-order valence-electron chi connectivity index (χ4n) is 5.23. The van der Waals surface area contributed by atoms with Gasteiger partial charge in [-0.1, -0.05) is 91.0 Å². The number of nitrogens with two attached hydrogens (primary N) is 1. The van der Waals surface area contributed by atoms with Crippen LogP contribution in [0.3, 0.4) is 0 Å². The number of hydrogen-bond donors (Lipinski definition) is 7. The van der Waals surface area contributed by atoms with Crippen LogP contribution in [-0.4, -0.2) is 76.2 Å². The summed E-state index contributed by atoms with van der Waals surface area (Å²) in [5, 5.41) is 19.8. The third-order valence-electron chi connectivity index (χ3n) is 7.66. The number of rotatable bonds is 16. The van der Waals surface area contributed by atoms with Gasteiger partial charge in [-0.2, -0.15) is 12.6 Å². The van der Waals surface area contributed by atoms with Gasteiger partial charge in [0, 0.05) is 5.75 Å². The number of esters is 1. The van der Waals surface area contributed by atoms with Gasteiger partial charge in [-0.05, 0) is 44.4 Å². The molecule has 3 rings (SSSR count). The molecule has 0 spiro atoms. The third kappa shape index (κ3) is 11.4. The summed E-state index contributed by atoms with van der Waals surface area (Å²) < 4.78 is 5.20. The summed E-state index contributed by atoms with van der Waals surface area (Å²) in [6, 6.07) is 22.0. The molecular formula is C37H45N5O8S. The van der Waals surface area contributed by atoms with E-state index in [-0.39, 0.29) is 5.75 Å². The van der Waals surface area contributed by atoms with E-state index in [1.54, 1.807) is 20.8 Å². The van der Waals surface area contributed by atoms with Gasteiger partial charge in [0.1, 0.15) is 29.3 Å². The Morgan fingerprint density at radius 3 is 1.57 bits per heavy atom. The van der Waals surface area contributed by atoms with Crippen molar-refractivity contribution >= 4 is 48.2 Å². The highest BCUT2D eigenvalue weighted by atomic mass is 32.1. The van der Waals surface area contributed by atoms with Crippen molar-refractivity contribution in [2.24, 2.45) is 5.73 Å². The first-order chi connectivity index (χ1) is 24.1. The van der Waals surface area contributed by atoms with Crippen LogP contribution in [0.2, 0.25) is 0 Å². The first kappa shape index (κ1) is 40.2. The lowest BCUT2D eigenvalue weighted by Gasteiger charge is -2.37. The molecule has 51 heavy (non-hydrogen) atoms. The zero-order chi connectivity index (χ0) is 37.8. The van der Waals surface area contributed by atoms with Crippen molar-refractivity contribution in [1.29, 1.82) is 0 Å². The smallest absolute Gasteiger partial charge is 0.327 e. The highest BCUT2D eigenvalue weighted by molar-refractivity contribution is 7.80. The molecule has 14 heteroatoms. The monoisotopic (exact) mass is 719 g/mol. The topological polar surface area (TPSA) is 206 Å². The van der Waals surface area contributed by atoms with Gasteiger partial charge in [0.25, 0.3) is 0 Å². The molecule has 3 aromatic carbocycles. The molecule has 0 aliphatic rings. The molecule has 4 atom stereocenters. The molecule has 0 unspecified atom stereocenters. The van der Waals surface area contributed by atoms with E-state index >= 15 is 0 Å². The van der Waals surface area contributed by atoms with Crippen LogP contribution in [-0.2, 0) is 39.0 Å². The molecule has 0 aromatic heterocycles. The van der Waals surface area contributed by atoms with Crippen LogP contribution in [0.1, 0.15) is 57.2 Å². The molecule has 0 fully saturated rings. The zero-order valence-electron chi connectivity index (χ0n) is 28.9. The van der Waals surface area contributed by atoms with Gasteiger partial charge in [-0.25, -0.2) is 4.79 Å². The lowest BCUT2D eigenvalue weighted by Crippen LogP contribution is -2.58. The Hall–Kier alpha value is -5.21. The highest BCUT2D eigenvalue weighted by Crippen LogP contribution is 2.37. The molecule has 3 aromatic rings. The summed E-state index contributed by atoms with van der Waals surface area (Å²) in [6.45, 7) is 6.31.